The number of halogens is 3. The van der Waals surface area contributed by atoms with Gasteiger partial charge in [0.15, 0.2) is 5.82 Å². The summed E-state index contributed by atoms with van der Waals surface area (Å²) in [6.07, 6.45) is -2.04. The lowest BCUT2D eigenvalue weighted by Gasteiger charge is -2.15. The number of likely N-dealkylation sites (tertiary alicyclic amines) is 1. The van der Waals surface area contributed by atoms with E-state index in [4.69, 9.17) is 0 Å². The van der Waals surface area contributed by atoms with Crippen LogP contribution in [0.2, 0.25) is 0 Å². The van der Waals surface area contributed by atoms with E-state index in [1.165, 1.54) is 0 Å². The highest BCUT2D eigenvalue weighted by Gasteiger charge is 2.30. The molecule has 1 aliphatic rings. The van der Waals surface area contributed by atoms with Crippen LogP contribution in [0.4, 0.5) is 13.2 Å². The van der Waals surface area contributed by atoms with E-state index >= 15 is 0 Å². The average molecular weight is 352 g/mol. The Morgan fingerprint density at radius 3 is 2.56 bits per heavy atom. The molecule has 1 aromatic heterocycles. The number of carbonyl (C=O) groups is 1. The molecule has 1 fully saturated rings. The first-order chi connectivity index (χ1) is 11.9. The molecule has 0 spiro atoms. The highest BCUT2D eigenvalue weighted by atomic mass is 19.4. The first-order valence-corrected chi connectivity index (χ1v) is 8.26. The van der Waals surface area contributed by atoms with Crippen LogP contribution in [0, 0.1) is 0 Å². The van der Waals surface area contributed by atoms with E-state index in [9.17, 15) is 18.0 Å². The van der Waals surface area contributed by atoms with Crippen LogP contribution in [0.5, 0.6) is 0 Å². The molecular formula is C17H19F3N4O. The Labute approximate surface area is 143 Å². The van der Waals surface area contributed by atoms with Crippen molar-refractivity contribution >= 4 is 5.91 Å². The van der Waals surface area contributed by atoms with Crippen LogP contribution in [-0.4, -0.2) is 44.8 Å². The van der Waals surface area contributed by atoms with Gasteiger partial charge in [-0.05, 0) is 12.8 Å². The summed E-state index contributed by atoms with van der Waals surface area (Å²) in [5.74, 6) is 0.696. The maximum Gasteiger partial charge on any atom is 0.408 e. The molecule has 0 saturated carbocycles. The van der Waals surface area contributed by atoms with Crippen molar-refractivity contribution in [3.8, 4) is 11.4 Å². The molecule has 0 unspecified atom stereocenters. The Morgan fingerprint density at radius 2 is 1.92 bits per heavy atom. The zero-order valence-corrected chi connectivity index (χ0v) is 13.7. The van der Waals surface area contributed by atoms with Crippen LogP contribution < -0.4 is 0 Å². The molecule has 2 heterocycles. The first kappa shape index (κ1) is 17.4. The van der Waals surface area contributed by atoms with Gasteiger partial charge in [0.1, 0.15) is 12.4 Å². The molecule has 3 rings (SSSR count). The number of alkyl halides is 3. The van der Waals surface area contributed by atoms with Crippen molar-refractivity contribution in [1.82, 2.24) is 19.7 Å². The van der Waals surface area contributed by atoms with Gasteiger partial charge in [0, 0.05) is 31.5 Å². The molecule has 8 heteroatoms. The molecule has 0 bridgehead atoms. The predicted molar refractivity (Wildman–Crippen MR) is 85.6 cm³/mol. The van der Waals surface area contributed by atoms with Crippen molar-refractivity contribution in [2.24, 2.45) is 0 Å². The summed E-state index contributed by atoms with van der Waals surface area (Å²) in [6.45, 7) is 0.104. The number of nitrogens with zero attached hydrogens (tertiary/aromatic N) is 4. The van der Waals surface area contributed by atoms with Crippen molar-refractivity contribution in [3.05, 3.63) is 36.2 Å². The van der Waals surface area contributed by atoms with E-state index in [2.05, 4.69) is 10.1 Å². The number of hydrogen-bond donors (Lipinski definition) is 0. The smallest absolute Gasteiger partial charge is 0.343 e. The summed E-state index contributed by atoms with van der Waals surface area (Å²) in [5.41, 5.74) is 0.680. The molecular weight excluding hydrogens is 333 g/mol. The minimum absolute atomic E-state index is 0.113. The third-order valence-corrected chi connectivity index (χ3v) is 4.11. The lowest BCUT2D eigenvalue weighted by Crippen LogP contribution is -2.26. The molecule has 5 nitrogen and oxygen atoms in total. The van der Waals surface area contributed by atoms with Gasteiger partial charge in [0.25, 0.3) is 0 Å². The number of amides is 1. The molecule has 0 atom stereocenters. The first-order valence-electron chi connectivity index (χ1n) is 8.26. The van der Waals surface area contributed by atoms with Gasteiger partial charge >= 0.3 is 6.18 Å². The Morgan fingerprint density at radius 1 is 1.16 bits per heavy atom. The molecule has 134 valence electrons. The fraction of sp³-hybridized carbons (Fsp3) is 0.471. The quantitative estimate of drug-likeness (QED) is 0.803. The molecule has 1 aliphatic heterocycles. The van der Waals surface area contributed by atoms with Crippen molar-refractivity contribution in [1.29, 1.82) is 0 Å². The summed E-state index contributed by atoms with van der Waals surface area (Å²) in [6, 6.07) is 8.93. The summed E-state index contributed by atoms with van der Waals surface area (Å²) < 4.78 is 39.4. The van der Waals surface area contributed by atoms with E-state index in [0.717, 1.165) is 17.6 Å². The standard InChI is InChI=1S/C17H19F3N4O/c18-17(19,20)12-24-14(8-4-10-23-11-5-9-15(23)25)21-16(22-24)13-6-2-1-3-7-13/h1-3,6-7H,4-5,8-12H2. The Bertz CT molecular complexity index is 727. The zero-order chi connectivity index (χ0) is 17.9. The van der Waals surface area contributed by atoms with Gasteiger partial charge in [-0.15, -0.1) is 0 Å². The van der Waals surface area contributed by atoms with E-state index in [1.54, 1.807) is 29.2 Å². The van der Waals surface area contributed by atoms with E-state index in [1.807, 2.05) is 6.07 Å². The third kappa shape index (κ3) is 4.58. The number of carbonyl (C=O) groups excluding carboxylic acids is 1. The minimum Gasteiger partial charge on any atom is -0.343 e. The highest BCUT2D eigenvalue weighted by molar-refractivity contribution is 5.77. The fourth-order valence-corrected chi connectivity index (χ4v) is 2.93. The second-order valence-corrected chi connectivity index (χ2v) is 6.08. The normalized spacial score (nSPS) is 15.2. The monoisotopic (exact) mass is 352 g/mol. The second kappa shape index (κ2) is 7.25. The van der Waals surface area contributed by atoms with Crippen LogP contribution >= 0.6 is 0 Å². The van der Waals surface area contributed by atoms with Gasteiger partial charge in [-0.25, -0.2) is 9.67 Å². The van der Waals surface area contributed by atoms with Gasteiger partial charge in [-0.3, -0.25) is 4.79 Å². The lowest BCUT2D eigenvalue weighted by atomic mass is 10.2. The Balaban J connectivity index is 1.73. The minimum atomic E-state index is -4.36. The molecule has 25 heavy (non-hydrogen) atoms. The molecule has 0 N–H and O–H groups in total. The van der Waals surface area contributed by atoms with Crippen molar-refractivity contribution < 1.29 is 18.0 Å². The van der Waals surface area contributed by atoms with Gasteiger partial charge in [-0.2, -0.15) is 18.3 Å². The lowest BCUT2D eigenvalue weighted by molar-refractivity contribution is -0.143. The van der Waals surface area contributed by atoms with Gasteiger partial charge < -0.3 is 4.90 Å². The topological polar surface area (TPSA) is 51.0 Å². The van der Waals surface area contributed by atoms with Crippen LogP contribution in [-0.2, 0) is 17.8 Å². The van der Waals surface area contributed by atoms with Crippen LogP contribution in [0.1, 0.15) is 25.1 Å². The number of rotatable bonds is 6. The molecule has 0 radical (unpaired) electrons. The van der Waals surface area contributed by atoms with E-state index in [-0.39, 0.29) is 11.7 Å². The summed E-state index contributed by atoms with van der Waals surface area (Å²) in [4.78, 5) is 17.7. The number of aromatic nitrogens is 3. The van der Waals surface area contributed by atoms with Crippen molar-refractivity contribution in [3.63, 3.8) is 0 Å². The molecule has 1 saturated heterocycles. The summed E-state index contributed by atoms with van der Waals surface area (Å²) in [5, 5.41) is 4.04. The Kier molecular flexibility index (Phi) is 5.06. The van der Waals surface area contributed by atoms with Crippen LogP contribution in [0.15, 0.2) is 30.3 Å². The number of aryl methyl sites for hydroxylation is 1. The molecule has 1 amide bonds. The number of hydrogen-bond acceptors (Lipinski definition) is 3. The number of benzene rings is 1. The van der Waals surface area contributed by atoms with Gasteiger partial charge in [0.2, 0.25) is 5.91 Å². The maximum absolute atomic E-state index is 12.8. The average Bonchev–Trinajstić information content (AvgIpc) is 3.14. The van der Waals surface area contributed by atoms with Crippen LogP contribution in [0.3, 0.4) is 0 Å². The molecule has 1 aromatic carbocycles. The second-order valence-electron chi connectivity index (χ2n) is 6.08. The highest BCUT2D eigenvalue weighted by Crippen LogP contribution is 2.21. The SMILES string of the molecule is O=C1CCCN1CCCc1nc(-c2ccccc2)nn1CC(F)(F)F. The van der Waals surface area contributed by atoms with Crippen molar-refractivity contribution in [2.75, 3.05) is 13.1 Å². The fourth-order valence-electron chi connectivity index (χ4n) is 2.93. The third-order valence-electron chi connectivity index (χ3n) is 4.11. The summed E-state index contributed by atoms with van der Waals surface area (Å²) in [7, 11) is 0. The molecule has 0 aliphatic carbocycles. The molecule has 2 aromatic rings. The largest absolute Gasteiger partial charge is 0.408 e. The van der Waals surface area contributed by atoms with E-state index in [0.29, 0.717) is 37.2 Å². The maximum atomic E-state index is 12.8. The van der Waals surface area contributed by atoms with Gasteiger partial charge in [-0.1, -0.05) is 30.3 Å². The zero-order valence-electron chi connectivity index (χ0n) is 13.7. The van der Waals surface area contributed by atoms with E-state index < -0.39 is 12.7 Å². The van der Waals surface area contributed by atoms with Crippen molar-refractivity contribution in [2.45, 2.75) is 38.4 Å². The summed E-state index contributed by atoms with van der Waals surface area (Å²) >= 11 is 0. The Hall–Kier alpha value is -2.38. The van der Waals surface area contributed by atoms with Crippen LogP contribution in [0.25, 0.3) is 11.4 Å². The van der Waals surface area contributed by atoms with Gasteiger partial charge in [0.05, 0.1) is 0 Å². The predicted octanol–water partition coefficient (Wildman–Crippen LogP) is 3.06.